The van der Waals surface area contributed by atoms with E-state index in [1.165, 1.54) is 17.0 Å². The number of esters is 1. The van der Waals surface area contributed by atoms with Crippen molar-refractivity contribution in [1.82, 2.24) is 0 Å². The number of ketones is 1. The molecule has 1 aliphatic heterocycles. The summed E-state index contributed by atoms with van der Waals surface area (Å²) in [5.74, 6) is -1.60. The Morgan fingerprint density at radius 2 is 1.36 bits per heavy atom. The van der Waals surface area contributed by atoms with Gasteiger partial charge in [0.1, 0.15) is 0 Å². The Morgan fingerprint density at radius 3 is 1.91 bits per heavy atom. The van der Waals surface area contributed by atoms with E-state index in [2.05, 4.69) is 47.8 Å². The van der Waals surface area contributed by atoms with Gasteiger partial charge in [0.15, 0.2) is 12.4 Å². The number of carbonyl (C=O) groups excluding carboxylic acids is 4. The van der Waals surface area contributed by atoms with Crippen molar-refractivity contribution in [3.05, 3.63) is 64.1 Å². The second-order valence-electron chi connectivity index (χ2n) is 8.57. The predicted molar refractivity (Wildman–Crippen MR) is 132 cm³/mol. The first-order valence-electron chi connectivity index (χ1n) is 10.5. The van der Waals surface area contributed by atoms with E-state index >= 15 is 0 Å². The van der Waals surface area contributed by atoms with Crippen molar-refractivity contribution in [3.63, 3.8) is 0 Å². The van der Waals surface area contributed by atoms with Gasteiger partial charge in [0.05, 0.1) is 23.1 Å². The molecule has 0 aromatic heterocycles. The molecule has 1 saturated heterocycles. The largest absolute Gasteiger partial charge is 0.454 e. The highest BCUT2D eigenvalue weighted by molar-refractivity contribution is 9.12. The van der Waals surface area contributed by atoms with Crippen LogP contribution in [-0.4, -0.2) is 39.8 Å². The van der Waals surface area contributed by atoms with Crippen LogP contribution in [0.3, 0.4) is 0 Å². The van der Waals surface area contributed by atoms with Crippen LogP contribution in [0, 0.1) is 23.7 Å². The van der Waals surface area contributed by atoms with Crippen molar-refractivity contribution in [3.8, 4) is 0 Å². The number of Topliss-reactive ketones (excluding diaryl/α,β-unsaturated/α-hetero) is 1. The molecule has 2 aromatic rings. The normalized spacial score (nSPS) is 30.0. The summed E-state index contributed by atoms with van der Waals surface area (Å²) in [7, 11) is 0. The highest BCUT2D eigenvalue weighted by Gasteiger charge is 2.66. The summed E-state index contributed by atoms with van der Waals surface area (Å²) in [5.41, 5.74) is 1.13. The number of anilines is 1. The molecule has 9 heteroatoms. The summed E-state index contributed by atoms with van der Waals surface area (Å²) in [4.78, 5) is 52.5. The van der Waals surface area contributed by atoms with Crippen molar-refractivity contribution in [2.24, 2.45) is 23.7 Å². The van der Waals surface area contributed by atoms with Gasteiger partial charge in [-0.25, -0.2) is 4.79 Å². The number of fused-ring (bicyclic) bond motifs is 5. The molecule has 6 atom stereocenters. The molecule has 0 radical (unpaired) electrons. The molecule has 6 nitrogen and oxygen atoms in total. The van der Waals surface area contributed by atoms with E-state index in [4.69, 9.17) is 4.74 Å². The second-order valence-corrected chi connectivity index (χ2v) is 11.6. The van der Waals surface area contributed by atoms with Gasteiger partial charge in [0.25, 0.3) is 0 Å². The lowest BCUT2D eigenvalue weighted by molar-refractivity contribution is -0.123. The van der Waals surface area contributed by atoms with Gasteiger partial charge in [-0.2, -0.15) is 0 Å². The van der Waals surface area contributed by atoms with Gasteiger partial charge in [-0.3, -0.25) is 19.3 Å². The monoisotopic (exact) mass is 637 g/mol. The van der Waals surface area contributed by atoms with Gasteiger partial charge in [-0.1, -0.05) is 59.9 Å². The molecule has 2 amide bonds. The van der Waals surface area contributed by atoms with E-state index in [1.54, 1.807) is 36.4 Å². The number of benzene rings is 2. The Bertz CT molecular complexity index is 1120. The molecule has 33 heavy (non-hydrogen) atoms. The molecule has 0 spiro atoms. The van der Waals surface area contributed by atoms with Crippen LogP contribution < -0.4 is 4.90 Å². The van der Waals surface area contributed by atoms with Crippen LogP contribution in [-0.2, 0) is 14.3 Å². The van der Waals surface area contributed by atoms with E-state index in [-0.39, 0.29) is 63.1 Å². The van der Waals surface area contributed by atoms with Gasteiger partial charge in [0, 0.05) is 19.7 Å². The minimum atomic E-state index is -0.648. The SMILES string of the molecule is O=C(COC(=O)c1ccc(N2C(=O)[C@H]3[C@@H]4C[C@H]([C@@H](Br)[C@H]4Br)[C@@H]3C2=O)cc1)c1ccc(Br)cc1. The summed E-state index contributed by atoms with van der Waals surface area (Å²) in [5, 5.41) is 0. The van der Waals surface area contributed by atoms with Crippen molar-refractivity contribution in [2.45, 2.75) is 16.1 Å². The number of nitrogens with zero attached hydrogens (tertiary/aromatic N) is 1. The fraction of sp³-hybridized carbons (Fsp3) is 0.333. The van der Waals surface area contributed by atoms with Crippen LogP contribution in [0.1, 0.15) is 27.1 Å². The molecule has 5 rings (SSSR count). The van der Waals surface area contributed by atoms with E-state index in [1.807, 2.05) is 0 Å². The highest BCUT2D eigenvalue weighted by Crippen LogP contribution is 2.60. The zero-order valence-electron chi connectivity index (χ0n) is 17.1. The molecule has 2 aliphatic carbocycles. The maximum atomic E-state index is 13.1. The van der Waals surface area contributed by atoms with Gasteiger partial charge >= 0.3 is 5.97 Å². The smallest absolute Gasteiger partial charge is 0.338 e. The lowest BCUT2D eigenvalue weighted by Gasteiger charge is -2.28. The minimum absolute atomic E-state index is 0.142. The average Bonchev–Trinajstić information content (AvgIpc) is 3.42. The van der Waals surface area contributed by atoms with Gasteiger partial charge in [-0.15, -0.1) is 0 Å². The molecule has 2 saturated carbocycles. The molecule has 1 heterocycles. The van der Waals surface area contributed by atoms with Crippen molar-refractivity contribution < 1.29 is 23.9 Å². The Hall–Kier alpha value is -1.84. The van der Waals surface area contributed by atoms with Crippen molar-refractivity contribution in [1.29, 1.82) is 0 Å². The number of ether oxygens (including phenoxy) is 1. The van der Waals surface area contributed by atoms with Crippen molar-refractivity contribution in [2.75, 3.05) is 11.5 Å². The van der Waals surface area contributed by atoms with Gasteiger partial charge in [0.2, 0.25) is 11.8 Å². The van der Waals surface area contributed by atoms with Gasteiger partial charge in [-0.05, 0) is 54.7 Å². The first-order valence-corrected chi connectivity index (χ1v) is 13.1. The summed E-state index contributed by atoms with van der Waals surface area (Å²) >= 11 is 10.7. The van der Waals surface area contributed by atoms with Crippen LogP contribution in [0.2, 0.25) is 0 Å². The molecule has 2 aromatic carbocycles. The third-order valence-corrected chi connectivity index (χ3v) is 10.6. The summed E-state index contributed by atoms with van der Waals surface area (Å²) < 4.78 is 5.99. The lowest BCUT2D eigenvalue weighted by Crippen LogP contribution is -2.37. The topological polar surface area (TPSA) is 80.8 Å². The van der Waals surface area contributed by atoms with Crippen LogP contribution >= 0.6 is 47.8 Å². The van der Waals surface area contributed by atoms with Gasteiger partial charge < -0.3 is 4.74 Å². The maximum absolute atomic E-state index is 13.1. The first kappa shape index (κ1) is 22.9. The summed E-state index contributed by atoms with van der Waals surface area (Å²) in [6, 6.07) is 12.9. The quantitative estimate of drug-likeness (QED) is 0.204. The molecule has 0 N–H and O–H groups in total. The second kappa shape index (κ2) is 8.74. The average molecular weight is 640 g/mol. The molecular weight excluding hydrogens is 622 g/mol. The number of imide groups is 1. The fourth-order valence-corrected chi connectivity index (χ4v) is 7.42. The van der Waals surface area contributed by atoms with E-state index in [0.717, 1.165) is 10.9 Å². The number of carbonyl (C=O) groups is 4. The summed E-state index contributed by atoms with van der Waals surface area (Å²) in [6.45, 7) is -0.376. The number of halogens is 3. The van der Waals surface area contributed by atoms with Crippen LogP contribution in [0.5, 0.6) is 0 Å². The molecule has 2 bridgehead atoms. The van der Waals surface area contributed by atoms with E-state index < -0.39 is 5.97 Å². The van der Waals surface area contributed by atoms with Crippen LogP contribution in [0.15, 0.2) is 53.0 Å². The molecule has 3 fully saturated rings. The minimum Gasteiger partial charge on any atom is -0.454 e. The van der Waals surface area contributed by atoms with Crippen molar-refractivity contribution >= 4 is 77.0 Å². The maximum Gasteiger partial charge on any atom is 0.338 e. The molecule has 170 valence electrons. The summed E-state index contributed by atoms with van der Waals surface area (Å²) in [6.07, 6.45) is 0.871. The first-order chi connectivity index (χ1) is 15.8. The third-order valence-electron chi connectivity index (χ3n) is 6.85. The standard InChI is InChI=1S/C24H18Br3NO5/c25-13-5-1-11(2-6-13)17(29)10-33-24(32)12-3-7-14(8-4-12)28-22(30)18-15-9-16(19(18)23(28)31)21(27)20(15)26/h1-8,15-16,18-21H,9-10H2/t15-,16-,18-,19-,20-,21+/m0/s1. The predicted octanol–water partition coefficient (Wildman–Crippen LogP) is 4.77. The number of hydrogen-bond donors (Lipinski definition) is 0. The zero-order chi connectivity index (χ0) is 23.4. The van der Waals surface area contributed by atoms with E-state index in [0.29, 0.717) is 11.3 Å². The lowest BCUT2D eigenvalue weighted by atomic mass is 9.81. The Balaban J connectivity index is 1.26. The fourth-order valence-electron chi connectivity index (χ4n) is 5.28. The highest BCUT2D eigenvalue weighted by atomic mass is 79.9. The Kier molecular flexibility index (Phi) is 6.07. The number of hydrogen-bond acceptors (Lipinski definition) is 5. The Labute approximate surface area is 215 Å². The third kappa shape index (κ3) is 3.82. The molecule has 3 aliphatic rings. The zero-order valence-corrected chi connectivity index (χ0v) is 21.9. The number of amides is 2. The van der Waals surface area contributed by atoms with E-state index in [9.17, 15) is 19.2 Å². The van der Waals surface area contributed by atoms with Crippen LogP contribution in [0.25, 0.3) is 0 Å². The number of alkyl halides is 2. The number of rotatable bonds is 5. The van der Waals surface area contributed by atoms with Crippen LogP contribution in [0.4, 0.5) is 5.69 Å². The molecular formula is C24H18Br3NO5. The Morgan fingerprint density at radius 1 is 0.848 bits per heavy atom. The molecule has 0 unspecified atom stereocenters.